The smallest absolute Gasteiger partial charge is 0.242 e. The summed E-state index contributed by atoms with van der Waals surface area (Å²) in [5, 5.41) is 3.84. The van der Waals surface area contributed by atoms with Crippen LogP contribution in [0.4, 0.5) is 0 Å². The first-order chi connectivity index (χ1) is 14.9. The Kier molecular flexibility index (Phi) is 9.30. The average molecular weight is 524 g/mol. The maximum Gasteiger partial charge on any atom is 0.242 e. The molecule has 0 aromatic heterocycles. The SMILES string of the molecule is CC(C(=O)NC1CCCC1)N(Cc1ccc(Br)cc1)C(=O)CSCc1ccccc1Cl. The molecular weight excluding hydrogens is 496 g/mol. The zero-order chi connectivity index (χ0) is 22.2. The van der Waals surface area contributed by atoms with Crippen molar-refractivity contribution >= 4 is 51.1 Å². The van der Waals surface area contributed by atoms with E-state index in [-0.39, 0.29) is 17.9 Å². The monoisotopic (exact) mass is 522 g/mol. The lowest BCUT2D eigenvalue weighted by molar-refractivity contribution is -0.138. The zero-order valence-corrected chi connectivity index (χ0v) is 20.8. The molecule has 2 amide bonds. The van der Waals surface area contributed by atoms with E-state index in [4.69, 9.17) is 11.6 Å². The Morgan fingerprint density at radius 3 is 2.52 bits per heavy atom. The molecule has 1 unspecified atom stereocenters. The fourth-order valence-corrected chi connectivity index (χ4v) is 5.17. The van der Waals surface area contributed by atoms with Crippen molar-refractivity contribution in [3.05, 3.63) is 69.2 Å². The predicted molar refractivity (Wildman–Crippen MR) is 132 cm³/mol. The van der Waals surface area contributed by atoms with Gasteiger partial charge in [0.2, 0.25) is 11.8 Å². The molecule has 1 atom stereocenters. The summed E-state index contributed by atoms with van der Waals surface area (Å²) in [5.41, 5.74) is 2.00. The number of carbonyl (C=O) groups excluding carboxylic acids is 2. The second-order valence-electron chi connectivity index (χ2n) is 7.90. The standard InChI is InChI=1S/C24H28BrClN2O2S/c1-17(24(30)27-21-7-3-4-8-21)28(14-18-10-12-20(25)13-11-18)23(29)16-31-15-19-6-2-5-9-22(19)26/h2,5-6,9-13,17,21H,3-4,7-8,14-16H2,1H3,(H,27,30). The van der Waals surface area contributed by atoms with Gasteiger partial charge in [-0.1, -0.05) is 70.7 Å². The third-order valence-electron chi connectivity index (χ3n) is 5.58. The van der Waals surface area contributed by atoms with Crippen LogP contribution in [0, 0.1) is 0 Å². The van der Waals surface area contributed by atoms with Crippen molar-refractivity contribution in [1.82, 2.24) is 10.2 Å². The molecule has 0 spiro atoms. The third kappa shape index (κ3) is 7.26. The van der Waals surface area contributed by atoms with E-state index in [1.54, 1.807) is 4.90 Å². The highest BCUT2D eigenvalue weighted by Gasteiger charge is 2.28. The van der Waals surface area contributed by atoms with Crippen molar-refractivity contribution in [3.63, 3.8) is 0 Å². The van der Waals surface area contributed by atoms with Crippen LogP contribution in [0.3, 0.4) is 0 Å². The van der Waals surface area contributed by atoms with E-state index in [9.17, 15) is 9.59 Å². The van der Waals surface area contributed by atoms with Crippen molar-refractivity contribution in [3.8, 4) is 0 Å². The highest BCUT2D eigenvalue weighted by Crippen LogP contribution is 2.22. The van der Waals surface area contributed by atoms with E-state index in [1.807, 2.05) is 55.5 Å². The lowest BCUT2D eigenvalue weighted by Gasteiger charge is -2.29. The second-order valence-corrected chi connectivity index (χ2v) is 10.2. The van der Waals surface area contributed by atoms with Crippen LogP contribution in [-0.2, 0) is 21.9 Å². The molecule has 0 radical (unpaired) electrons. The van der Waals surface area contributed by atoms with Crippen molar-refractivity contribution in [1.29, 1.82) is 0 Å². The minimum atomic E-state index is -0.530. The first-order valence-corrected chi connectivity index (χ1v) is 12.9. The number of benzene rings is 2. The van der Waals surface area contributed by atoms with Gasteiger partial charge in [0, 0.05) is 27.8 Å². The van der Waals surface area contributed by atoms with Gasteiger partial charge in [-0.3, -0.25) is 9.59 Å². The number of nitrogens with one attached hydrogen (secondary N) is 1. The molecule has 1 aliphatic rings. The number of thioether (sulfide) groups is 1. The van der Waals surface area contributed by atoms with E-state index in [0.717, 1.165) is 41.3 Å². The highest BCUT2D eigenvalue weighted by atomic mass is 79.9. The molecule has 2 aromatic carbocycles. The molecule has 0 heterocycles. The van der Waals surface area contributed by atoms with E-state index < -0.39 is 6.04 Å². The highest BCUT2D eigenvalue weighted by molar-refractivity contribution is 9.10. The summed E-state index contributed by atoms with van der Waals surface area (Å²) in [4.78, 5) is 27.7. The fourth-order valence-electron chi connectivity index (χ4n) is 3.71. The average Bonchev–Trinajstić information content (AvgIpc) is 3.27. The van der Waals surface area contributed by atoms with E-state index in [1.165, 1.54) is 11.8 Å². The van der Waals surface area contributed by atoms with E-state index in [0.29, 0.717) is 23.1 Å². The Balaban J connectivity index is 1.65. The van der Waals surface area contributed by atoms with Gasteiger partial charge in [-0.15, -0.1) is 11.8 Å². The molecule has 0 saturated heterocycles. The summed E-state index contributed by atoms with van der Waals surface area (Å²) < 4.78 is 0.983. The quantitative estimate of drug-likeness (QED) is 0.451. The number of nitrogens with zero attached hydrogens (tertiary/aromatic N) is 1. The summed E-state index contributed by atoms with van der Waals surface area (Å²) >= 11 is 11.2. The first-order valence-electron chi connectivity index (χ1n) is 10.6. The number of hydrogen-bond acceptors (Lipinski definition) is 3. The van der Waals surface area contributed by atoms with Gasteiger partial charge >= 0.3 is 0 Å². The zero-order valence-electron chi connectivity index (χ0n) is 17.7. The molecule has 0 bridgehead atoms. The van der Waals surface area contributed by atoms with Gasteiger partial charge in [-0.25, -0.2) is 0 Å². The summed E-state index contributed by atoms with van der Waals surface area (Å²) in [6, 6.07) is 15.2. The van der Waals surface area contributed by atoms with Crippen LogP contribution in [0.1, 0.15) is 43.7 Å². The number of amides is 2. The molecule has 1 aliphatic carbocycles. The lowest BCUT2D eigenvalue weighted by atomic mass is 10.1. The maximum atomic E-state index is 13.2. The fraction of sp³-hybridized carbons (Fsp3) is 0.417. The number of carbonyl (C=O) groups is 2. The topological polar surface area (TPSA) is 49.4 Å². The van der Waals surface area contributed by atoms with Gasteiger partial charge in [0.15, 0.2) is 0 Å². The minimum absolute atomic E-state index is 0.0472. The lowest BCUT2D eigenvalue weighted by Crippen LogP contribution is -2.50. The van der Waals surface area contributed by atoms with E-state index >= 15 is 0 Å². The van der Waals surface area contributed by atoms with Gasteiger partial charge < -0.3 is 10.2 Å². The van der Waals surface area contributed by atoms with Crippen molar-refractivity contribution in [2.45, 2.75) is 57.0 Å². The molecule has 0 aliphatic heterocycles. The Morgan fingerprint density at radius 2 is 1.84 bits per heavy atom. The van der Waals surface area contributed by atoms with Gasteiger partial charge in [-0.2, -0.15) is 0 Å². The molecule has 4 nitrogen and oxygen atoms in total. The molecular formula is C24H28BrClN2O2S. The van der Waals surface area contributed by atoms with Crippen LogP contribution in [0.2, 0.25) is 5.02 Å². The predicted octanol–water partition coefficient (Wildman–Crippen LogP) is 5.81. The van der Waals surface area contributed by atoms with Gasteiger partial charge in [0.05, 0.1) is 5.75 Å². The Labute approximate surface area is 202 Å². The molecule has 2 aromatic rings. The number of hydrogen-bond donors (Lipinski definition) is 1. The number of halogens is 2. The summed E-state index contributed by atoms with van der Waals surface area (Å²) in [5.74, 6) is 0.825. The van der Waals surface area contributed by atoms with Crippen LogP contribution in [0.25, 0.3) is 0 Å². The molecule has 1 fully saturated rings. The second kappa shape index (κ2) is 11.9. The van der Waals surface area contributed by atoms with Gasteiger partial charge in [0.1, 0.15) is 6.04 Å². The van der Waals surface area contributed by atoms with Crippen LogP contribution >= 0.6 is 39.3 Å². The number of rotatable bonds is 9. The van der Waals surface area contributed by atoms with Crippen LogP contribution in [0.15, 0.2) is 53.0 Å². The summed E-state index contributed by atoms with van der Waals surface area (Å²) in [6.45, 7) is 2.22. The summed E-state index contributed by atoms with van der Waals surface area (Å²) in [6.07, 6.45) is 4.35. The van der Waals surface area contributed by atoms with Crippen molar-refractivity contribution in [2.75, 3.05) is 5.75 Å². The van der Waals surface area contributed by atoms with E-state index in [2.05, 4.69) is 21.2 Å². The van der Waals surface area contributed by atoms with Crippen LogP contribution in [-0.4, -0.2) is 34.6 Å². The molecule has 1 N–H and O–H groups in total. The molecule has 166 valence electrons. The third-order valence-corrected chi connectivity index (χ3v) is 7.44. The van der Waals surface area contributed by atoms with Crippen LogP contribution in [0.5, 0.6) is 0 Å². The Bertz CT molecular complexity index is 887. The largest absolute Gasteiger partial charge is 0.352 e. The van der Waals surface area contributed by atoms with Crippen LogP contribution < -0.4 is 5.32 Å². The molecule has 7 heteroatoms. The van der Waals surface area contributed by atoms with Gasteiger partial charge in [-0.05, 0) is 49.1 Å². The summed E-state index contributed by atoms with van der Waals surface area (Å²) in [7, 11) is 0. The molecule has 31 heavy (non-hydrogen) atoms. The van der Waals surface area contributed by atoms with Crippen molar-refractivity contribution < 1.29 is 9.59 Å². The van der Waals surface area contributed by atoms with Crippen molar-refractivity contribution in [2.24, 2.45) is 0 Å². The van der Waals surface area contributed by atoms with Gasteiger partial charge in [0.25, 0.3) is 0 Å². The maximum absolute atomic E-state index is 13.2. The Hall–Kier alpha value is -1.50. The minimum Gasteiger partial charge on any atom is -0.352 e. The molecule has 3 rings (SSSR count). The molecule has 1 saturated carbocycles. The Morgan fingerprint density at radius 1 is 1.16 bits per heavy atom. The normalized spacial score (nSPS) is 14.9. The first kappa shape index (κ1) is 24.1.